The van der Waals surface area contributed by atoms with Gasteiger partial charge in [0.2, 0.25) is 5.91 Å². The molecule has 1 N–H and O–H groups in total. The van der Waals surface area contributed by atoms with Gasteiger partial charge in [0.1, 0.15) is 0 Å². The number of amides is 1. The standard InChI is InChI=1S/C17H14F2N4OS2/c1-2-7-23-16(14-4-3-8-25-14)21-22-17(23)26-10-15(24)20-11-5-6-12(18)13(19)9-11/h2-6,8-9H,1,7,10H2,(H,20,24). The van der Waals surface area contributed by atoms with Crippen molar-refractivity contribution >= 4 is 34.7 Å². The number of carbonyl (C=O) groups excluding carboxylic acids is 1. The van der Waals surface area contributed by atoms with Gasteiger partial charge in [-0.3, -0.25) is 9.36 Å². The fraction of sp³-hybridized carbons (Fsp3) is 0.118. The number of thioether (sulfide) groups is 1. The second-order valence-corrected chi connectivity index (χ2v) is 7.04. The molecular weight excluding hydrogens is 378 g/mol. The first-order chi connectivity index (χ1) is 12.6. The third-order valence-corrected chi connectivity index (χ3v) is 5.14. The quantitative estimate of drug-likeness (QED) is 0.484. The number of nitrogens with zero attached hydrogens (tertiary/aromatic N) is 3. The van der Waals surface area contributed by atoms with Crippen LogP contribution < -0.4 is 5.32 Å². The van der Waals surface area contributed by atoms with Crippen LogP contribution in [0.3, 0.4) is 0 Å². The Hall–Kier alpha value is -2.52. The van der Waals surface area contributed by atoms with E-state index >= 15 is 0 Å². The molecule has 1 aromatic carbocycles. The summed E-state index contributed by atoms with van der Waals surface area (Å²) in [4.78, 5) is 13.0. The Kier molecular flexibility index (Phi) is 5.79. The van der Waals surface area contributed by atoms with Gasteiger partial charge in [-0.15, -0.1) is 28.1 Å². The first-order valence-electron chi connectivity index (χ1n) is 7.54. The monoisotopic (exact) mass is 392 g/mol. The molecule has 0 aliphatic carbocycles. The maximum atomic E-state index is 13.2. The summed E-state index contributed by atoms with van der Waals surface area (Å²) in [5.41, 5.74) is 0.196. The predicted molar refractivity (Wildman–Crippen MR) is 99.2 cm³/mol. The average Bonchev–Trinajstić information content (AvgIpc) is 3.26. The van der Waals surface area contributed by atoms with Crippen molar-refractivity contribution in [2.45, 2.75) is 11.7 Å². The molecule has 9 heteroatoms. The Labute approximate surface area is 156 Å². The highest BCUT2D eigenvalue weighted by atomic mass is 32.2. The van der Waals surface area contributed by atoms with Crippen LogP contribution in [-0.4, -0.2) is 26.4 Å². The minimum absolute atomic E-state index is 0.0543. The van der Waals surface area contributed by atoms with Crippen molar-refractivity contribution in [3.8, 4) is 10.7 Å². The number of nitrogens with one attached hydrogen (secondary N) is 1. The van der Waals surface area contributed by atoms with Gasteiger partial charge in [0.05, 0.1) is 10.6 Å². The smallest absolute Gasteiger partial charge is 0.234 e. The van der Waals surface area contributed by atoms with E-state index in [1.165, 1.54) is 17.8 Å². The lowest BCUT2D eigenvalue weighted by molar-refractivity contribution is -0.113. The molecule has 26 heavy (non-hydrogen) atoms. The van der Waals surface area contributed by atoms with Gasteiger partial charge in [-0.2, -0.15) is 0 Å². The minimum Gasteiger partial charge on any atom is -0.325 e. The molecule has 0 spiro atoms. The molecule has 134 valence electrons. The summed E-state index contributed by atoms with van der Waals surface area (Å²) in [6.07, 6.45) is 1.73. The fourth-order valence-corrected chi connectivity index (χ4v) is 3.64. The van der Waals surface area contributed by atoms with E-state index in [4.69, 9.17) is 0 Å². The molecule has 0 atom stereocenters. The summed E-state index contributed by atoms with van der Waals surface area (Å²) in [6, 6.07) is 7.07. The first-order valence-corrected chi connectivity index (χ1v) is 9.40. The zero-order valence-electron chi connectivity index (χ0n) is 13.5. The molecule has 1 amide bonds. The van der Waals surface area contributed by atoms with Crippen LogP contribution in [0.2, 0.25) is 0 Å². The molecule has 5 nitrogen and oxygen atoms in total. The van der Waals surface area contributed by atoms with Crippen LogP contribution in [-0.2, 0) is 11.3 Å². The normalized spacial score (nSPS) is 10.7. The van der Waals surface area contributed by atoms with Crippen molar-refractivity contribution in [3.63, 3.8) is 0 Å². The van der Waals surface area contributed by atoms with Gasteiger partial charge in [0.25, 0.3) is 0 Å². The fourth-order valence-electron chi connectivity index (χ4n) is 2.18. The third-order valence-electron chi connectivity index (χ3n) is 3.31. The largest absolute Gasteiger partial charge is 0.325 e. The topological polar surface area (TPSA) is 59.8 Å². The van der Waals surface area contributed by atoms with E-state index in [1.54, 1.807) is 17.4 Å². The van der Waals surface area contributed by atoms with E-state index in [9.17, 15) is 13.6 Å². The second kappa shape index (κ2) is 8.24. The van der Waals surface area contributed by atoms with Crippen molar-refractivity contribution in [2.24, 2.45) is 0 Å². The molecule has 0 fully saturated rings. The number of benzene rings is 1. The molecule has 0 aliphatic heterocycles. The summed E-state index contributed by atoms with van der Waals surface area (Å²) in [7, 11) is 0. The van der Waals surface area contributed by atoms with Crippen LogP contribution in [0, 0.1) is 11.6 Å². The zero-order chi connectivity index (χ0) is 18.5. The summed E-state index contributed by atoms with van der Waals surface area (Å²) in [5, 5.41) is 13.4. The number of halogens is 2. The van der Waals surface area contributed by atoms with E-state index in [2.05, 4.69) is 22.1 Å². The Balaban J connectivity index is 1.68. The Morgan fingerprint density at radius 3 is 2.85 bits per heavy atom. The van der Waals surface area contributed by atoms with Crippen molar-refractivity contribution in [1.82, 2.24) is 14.8 Å². The molecule has 0 saturated carbocycles. The van der Waals surface area contributed by atoms with E-state index in [1.807, 2.05) is 22.1 Å². The molecule has 0 aliphatic rings. The SMILES string of the molecule is C=CCn1c(SCC(=O)Nc2ccc(F)c(F)c2)nnc1-c1cccs1. The summed E-state index contributed by atoms with van der Waals surface area (Å²) < 4.78 is 28.0. The van der Waals surface area contributed by atoms with E-state index < -0.39 is 11.6 Å². The van der Waals surface area contributed by atoms with Gasteiger partial charge in [0.15, 0.2) is 22.6 Å². The van der Waals surface area contributed by atoms with Crippen LogP contribution in [0.1, 0.15) is 0 Å². The molecule has 3 aromatic rings. The zero-order valence-corrected chi connectivity index (χ0v) is 15.1. The van der Waals surface area contributed by atoms with E-state index in [0.717, 1.165) is 17.0 Å². The number of anilines is 1. The number of rotatable bonds is 7. The summed E-state index contributed by atoms with van der Waals surface area (Å²) in [5.74, 6) is -1.56. The molecule has 0 bridgehead atoms. The Bertz CT molecular complexity index is 925. The van der Waals surface area contributed by atoms with Gasteiger partial charge in [-0.1, -0.05) is 23.9 Å². The maximum absolute atomic E-state index is 13.2. The number of aromatic nitrogens is 3. The average molecular weight is 392 g/mol. The Morgan fingerprint density at radius 2 is 2.15 bits per heavy atom. The summed E-state index contributed by atoms with van der Waals surface area (Å²) in [6.45, 7) is 4.25. The summed E-state index contributed by atoms with van der Waals surface area (Å²) >= 11 is 2.75. The highest BCUT2D eigenvalue weighted by Gasteiger charge is 2.15. The maximum Gasteiger partial charge on any atom is 0.234 e. The van der Waals surface area contributed by atoms with Crippen LogP contribution >= 0.6 is 23.1 Å². The molecule has 0 saturated heterocycles. The second-order valence-electron chi connectivity index (χ2n) is 5.15. The van der Waals surface area contributed by atoms with Crippen LogP contribution in [0.15, 0.2) is 53.5 Å². The highest BCUT2D eigenvalue weighted by Crippen LogP contribution is 2.27. The van der Waals surface area contributed by atoms with Crippen molar-refractivity contribution in [3.05, 3.63) is 60.0 Å². The lowest BCUT2D eigenvalue weighted by Crippen LogP contribution is -2.15. The van der Waals surface area contributed by atoms with Gasteiger partial charge >= 0.3 is 0 Å². The van der Waals surface area contributed by atoms with Crippen LogP contribution in [0.5, 0.6) is 0 Å². The van der Waals surface area contributed by atoms with Crippen molar-refractivity contribution < 1.29 is 13.6 Å². The predicted octanol–water partition coefficient (Wildman–Crippen LogP) is 4.20. The highest BCUT2D eigenvalue weighted by molar-refractivity contribution is 7.99. The van der Waals surface area contributed by atoms with E-state index in [-0.39, 0.29) is 17.3 Å². The molecule has 2 aromatic heterocycles. The van der Waals surface area contributed by atoms with Crippen LogP contribution in [0.4, 0.5) is 14.5 Å². The Morgan fingerprint density at radius 1 is 1.31 bits per heavy atom. The number of thiophene rings is 1. The molecule has 0 radical (unpaired) electrons. The van der Waals surface area contributed by atoms with Crippen molar-refractivity contribution in [2.75, 3.05) is 11.1 Å². The number of allylic oxidation sites excluding steroid dienone is 1. The third kappa shape index (κ3) is 4.17. The number of hydrogen-bond donors (Lipinski definition) is 1. The van der Waals surface area contributed by atoms with E-state index in [0.29, 0.717) is 17.5 Å². The number of hydrogen-bond acceptors (Lipinski definition) is 5. The lowest BCUT2D eigenvalue weighted by Gasteiger charge is -2.07. The van der Waals surface area contributed by atoms with Crippen molar-refractivity contribution in [1.29, 1.82) is 0 Å². The minimum atomic E-state index is -1.01. The van der Waals surface area contributed by atoms with Gasteiger partial charge in [-0.05, 0) is 23.6 Å². The van der Waals surface area contributed by atoms with Crippen LogP contribution in [0.25, 0.3) is 10.7 Å². The van der Waals surface area contributed by atoms with Gasteiger partial charge < -0.3 is 5.32 Å². The lowest BCUT2D eigenvalue weighted by atomic mass is 10.3. The molecule has 2 heterocycles. The molecule has 0 unspecified atom stereocenters. The first kappa shape index (κ1) is 18.3. The molecular formula is C17H14F2N4OS2. The van der Waals surface area contributed by atoms with Gasteiger partial charge in [-0.25, -0.2) is 8.78 Å². The number of carbonyl (C=O) groups is 1. The van der Waals surface area contributed by atoms with Gasteiger partial charge in [0, 0.05) is 18.3 Å². The molecule has 3 rings (SSSR count).